The molecule has 0 unspecified atom stereocenters. The van der Waals surface area contributed by atoms with Gasteiger partial charge < -0.3 is 5.32 Å². The van der Waals surface area contributed by atoms with E-state index in [2.05, 4.69) is 11.4 Å². The normalized spacial score (nSPS) is 10.1. The Balaban J connectivity index is 2.40. The third-order valence-corrected chi connectivity index (χ3v) is 1.45. The second-order valence-electron chi connectivity index (χ2n) is 2.43. The first-order valence-corrected chi connectivity index (χ1v) is 3.71. The third-order valence-electron chi connectivity index (χ3n) is 1.45. The van der Waals surface area contributed by atoms with Crippen LogP contribution >= 0.6 is 0 Å². The standard InChI is InChI=1S/C9H8F2NO/c10-8(11)9(13)12-6-7-4-2-1-3-5-7/h2-5,8H,6H2,(H,12,13). The Bertz CT molecular complexity index is 274. The number of rotatable bonds is 3. The van der Waals surface area contributed by atoms with E-state index in [1.807, 2.05) is 0 Å². The summed E-state index contributed by atoms with van der Waals surface area (Å²) in [6.45, 7) is 0.123. The van der Waals surface area contributed by atoms with Gasteiger partial charge in [0.1, 0.15) is 0 Å². The van der Waals surface area contributed by atoms with E-state index in [1.54, 1.807) is 24.3 Å². The highest BCUT2D eigenvalue weighted by atomic mass is 19.3. The molecule has 1 rings (SSSR count). The molecule has 0 aliphatic heterocycles. The molecular formula is C9H8F2NO. The molecule has 1 aromatic rings. The Morgan fingerprint density at radius 2 is 2.08 bits per heavy atom. The molecule has 13 heavy (non-hydrogen) atoms. The Hall–Kier alpha value is -1.45. The number of nitrogens with one attached hydrogen (secondary N) is 1. The van der Waals surface area contributed by atoms with Gasteiger partial charge in [0, 0.05) is 6.54 Å². The van der Waals surface area contributed by atoms with Crippen molar-refractivity contribution in [2.45, 2.75) is 13.0 Å². The van der Waals surface area contributed by atoms with Crippen LogP contribution in [0.4, 0.5) is 8.78 Å². The molecule has 4 heteroatoms. The first kappa shape index (κ1) is 9.64. The zero-order valence-electron chi connectivity index (χ0n) is 6.76. The maximum Gasteiger partial charge on any atom is 0.315 e. The Labute approximate surface area is 74.6 Å². The highest BCUT2D eigenvalue weighted by Gasteiger charge is 2.13. The Morgan fingerprint density at radius 3 is 2.62 bits per heavy atom. The van der Waals surface area contributed by atoms with Crippen LogP contribution in [0.2, 0.25) is 0 Å². The van der Waals surface area contributed by atoms with Crippen LogP contribution in [0.25, 0.3) is 0 Å². The van der Waals surface area contributed by atoms with Gasteiger partial charge in [0.25, 0.3) is 5.91 Å². The number of halogens is 2. The van der Waals surface area contributed by atoms with Crippen LogP contribution in [-0.4, -0.2) is 12.3 Å². The summed E-state index contributed by atoms with van der Waals surface area (Å²) < 4.78 is 23.4. The van der Waals surface area contributed by atoms with Crippen molar-refractivity contribution in [3.05, 3.63) is 35.9 Å². The summed E-state index contributed by atoms with van der Waals surface area (Å²) in [5.41, 5.74) is 0.771. The quantitative estimate of drug-likeness (QED) is 0.755. The minimum absolute atomic E-state index is 0.123. The van der Waals surface area contributed by atoms with Crippen LogP contribution in [0.1, 0.15) is 5.56 Å². The lowest BCUT2D eigenvalue weighted by molar-refractivity contribution is -0.131. The molecule has 0 spiro atoms. The number of carbonyl (C=O) groups excluding carboxylic acids is 1. The molecule has 1 aromatic carbocycles. The molecule has 0 atom stereocenters. The van der Waals surface area contributed by atoms with Gasteiger partial charge in [-0.15, -0.1) is 0 Å². The van der Waals surface area contributed by atoms with E-state index in [0.717, 1.165) is 5.56 Å². The first-order chi connectivity index (χ1) is 6.20. The maximum atomic E-state index is 11.7. The van der Waals surface area contributed by atoms with E-state index >= 15 is 0 Å². The average Bonchev–Trinajstić information content (AvgIpc) is 2.15. The third kappa shape index (κ3) is 3.19. The number of hydrogen-bond acceptors (Lipinski definition) is 1. The topological polar surface area (TPSA) is 29.1 Å². The minimum atomic E-state index is -2.95. The molecule has 1 radical (unpaired) electrons. The minimum Gasteiger partial charge on any atom is -0.347 e. The lowest BCUT2D eigenvalue weighted by Crippen LogP contribution is -2.28. The molecule has 0 saturated carbocycles. The smallest absolute Gasteiger partial charge is 0.315 e. The van der Waals surface area contributed by atoms with E-state index in [9.17, 15) is 13.6 Å². The molecule has 0 aromatic heterocycles. The largest absolute Gasteiger partial charge is 0.347 e. The van der Waals surface area contributed by atoms with Crippen molar-refractivity contribution in [3.8, 4) is 0 Å². The van der Waals surface area contributed by atoms with Crippen molar-refractivity contribution in [3.63, 3.8) is 0 Å². The summed E-state index contributed by atoms with van der Waals surface area (Å²) >= 11 is 0. The highest BCUT2D eigenvalue weighted by molar-refractivity contribution is 5.78. The van der Waals surface area contributed by atoms with Gasteiger partial charge in [-0.1, -0.05) is 24.3 Å². The fraction of sp³-hybridized carbons (Fsp3) is 0.222. The highest BCUT2D eigenvalue weighted by Crippen LogP contribution is 1.98. The second kappa shape index (κ2) is 4.54. The van der Waals surface area contributed by atoms with Crippen LogP contribution in [0.3, 0.4) is 0 Å². The zero-order valence-corrected chi connectivity index (χ0v) is 6.76. The van der Waals surface area contributed by atoms with Gasteiger partial charge in [-0.05, 0) is 11.6 Å². The maximum absolute atomic E-state index is 11.7. The number of amides is 1. The summed E-state index contributed by atoms with van der Waals surface area (Å²) in [7, 11) is 0. The summed E-state index contributed by atoms with van der Waals surface area (Å²) in [6.07, 6.45) is -2.95. The number of hydrogen-bond donors (Lipinski definition) is 1. The van der Waals surface area contributed by atoms with Gasteiger partial charge in [-0.25, -0.2) is 0 Å². The zero-order chi connectivity index (χ0) is 9.68. The van der Waals surface area contributed by atoms with Crippen LogP contribution in [-0.2, 0) is 11.3 Å². The fourth-order valence-electron chi connectivity index (χ4n) is 0.806. The molecule has 69 valence electrons. The van der Waals surface area contributed by atoms with Crippen LogP contribution in [0, 0.1) is 6.07 Å². The second-order valence-corrected chi connectivity index (χ2v) is 2.43. The van der Waals surface area contributed by atoms with E-state index in [4.69, 9.17) is 0 Å². The van der Waals surface area contributed by atoms with Crippen molar-refractivity contribution in [2.75, 3.05) is 0 Å². The molecule has 2 nitrogen and oxygen atoms in total. The van der Waals surface area contributed by atoms with Gasteiger partial charge in [-0.2, -0.15) is 8.78 Å². The van der Waals surface area contributed by atoms with Crippen molar-refractivity contribution in [1.82, 2.24) is 5.32 Å². The van der Waals surface area contributed by atoms with Gasteiger partial charge >= 0.3 is 6.43 Å². The summed E-state index contributed by atoms with van der Waals surface area (Å²) in [6, 6.07) is 9.50. The number of carbonyl (C=O) groups is 1. The van der Waals surface area contributed by atoms with E-state index in [-0.39, 0.29) is 6.54 Å². The summed E-state index contributed by atoms with van der Waals surface area (Å²) in [5, 5.41) is 2.10. The van der Waals surface area contributed by atoms with E-state index in [0.29, 0.717) is 0 Å². The summed E-state index contributed by atoms with van der Waals surface area (Å²) in [4.78, 5) is 10.4. The predicted octanol–water partition coefficient (Wildman–Crippen LogP) is 1.37. The summed E-state index contributed by atoms with van der Waals surface area (Å²) in [5.74, 6) is -1.24. The molecule has 1 N–H and O–H groups in total. The van der Waals surface area contributed by atoms with Gasteiger partial charge in [0.05, 0.1) is 0 Å². The predicted molar refractivity (Wildman–Crippen MR) is 43.1 cm³/mol. The molecule has 0 fully saturated rings. The molecule has 0 bridgehead atoms. The van der Waals surface area contributed by atoms with Crippen LogP contribution in [0.15, 0.2) is 24.3 Å². The van der Waals surface area contributed by atoms with Crippen molar-refractivity contribution < 1.29 is 13.6 Å². The lowest BCUT2D eigenvalue weighted by atomic mass is 10.2. The molecule has 0 aliphatic rings. The Kier molecular flexibility index (Phi) is 3.37. The fourth-order valence-corrected chi connectivity index (χ4v) is 0.806. The van der Waals surface area contributed by atoms with Crippen molar-refractivity contribution in [1.29, 1.82) is 0 Å². The van der Waals surface area contributed by atoms with Crippen LogP contribution in [0.5, 0.6) is 0 Å². The van der Waals surface area contributed by atoms with Crippen molar-refractivity contribution >= 4 is 5.91 Å². The Morgan fingerprint density at radius 1 is 1.46 bits per heavy atom. The molecule has 0 aliphatic carbocycles. The monoisotopic (exact) mass is 184 g/mol. The number of alkyl halides is 2. The van der Waals surface area contributed by atoms with E-state index in [1.165, 1.54) is 0 Å². The lowest BCUT2D eigenvalue weighted by Gasteiger charge is -2.03. The number of benzene rings is 1. The van der Waals surface area contributed by atoms with Gasteiger partial charge in [-0.3, -0.25) is 4.79 Å². The van der Waals surface area contributed by atoms with E-state index < -0.39 is 12.3 Å². The molecular weight excluding hydrogens is 176 g/mol. The molecule has 0 saturated heterocycles. The van der Waals surface area contributed by atoms with Crippen molar-refractivity contribution in [2.24, 2.45) is 0 Å². The SMILES string of the molecule is O=C(NCc1cc[c]cc1)C(F)F. The first-order valence-electron chi connectivity index (χ1n) is 3.71. The van der Waals surface area contributed by atoms with Crippen LogP contribution < -0.4 is 5.32 Å². The molecule has 0 heterocycles. The van der Waals surface area contributed by atoms with Gasteiger partial charge in [0.15, 0.2) is 0 Å². The average molecular weight is 184 g/mol. The molecule has 1 amide bonds. The van der Waals surface area contributed by atoms with Gasteiger partial charge in [0.2, 0.25) is 0 Å².